The predicted octanol–water partition coefficient (Wildman–Crippen LogP) is 3.38. The van der Waals surface area contributed by atoms with Gasteiger partial charge in [-0.15, -0.1) is 0 Å². The van der Waals surface area contributed by atoms with Gasteiger partial charge in [-0.2, -0.15) is 0 Å². The molecule has 1 rings (SSSR count). The number of carbonyl (C=O) groups excluding carboxylic acids is 2. The molecular weight excluding hydrogens is 380 g/mol. The normalized spacial score (nSPS) is 25.4. The number of hydrogen-bond donors (Lipinski definition) is 1. The molecule has 0 aromatic heterocycles. The van der Waals surface area contributed by atoms with Crippen molar-refractivity contribution in [1.29, 1.82) is 0 Å². The summed E-state index contributed by atoms with van der Waals surface area (Å²) in [6.07, 6.45) is -0.0111. The fourth-order valence-corrected chi connectivity index (χ4v) is 4.22. The molecule has 0 saturated carbocycles. The average molecular weight is 417 g/mol. The first-order valence-corrected chi connectivity index (χ1v) is 10.7. The van der Waals surface area contributed by atoms with Crippen LogP contribution < -0.4 is 4.72 Å². The Labute approximate surface area is 171 Å². The molecule has 28 heavy (non-hydrogen) atoms. The Balaban J connectivity index is 3.48. The molecule has 1 N–H and O–H groups in total. The van der Waals surface area contributed by atoms with E-state index in [2.05, 4.69) is 11.3 Å². The summed E-state index contributed by atoms with van der Waals surface area (Å²) in [5.74, 6) is -0.655. The number of ether oxygens (including phenoxy) is 2. The molecule has 0 aromatic carbocycles. The number of nitrogens with one attached hydrogen (secondary N) is 1. The second kappa shape index (κ2) is 8.53. The Morgan fingerprint density at radius 2 is 1.89 bits per heavy atom. The lowest BCUT2D eigenvalue weighted by molar-refractivity contribution is -0.149. The highest BCUT2D eigenvalue weighted by Crippen LogP contribution is 2.41. The quantitative estimate of drug-likeness (QED) is 0.530. The van der Waals surface area contributed by atoms with Crippen molar-refractivity contribution in [3.05, 3.63) is 12.7 Å². The van der Waals surface area contributed by atoms with Gasteiger partial charge in [-0.3, -0.25) is 4.90 Å². The van der Waals surface area contributed by atoms with Gasteiger partial charge in [-0.05, 0) is 33.6 Å². The third kappa shape index (κ3) is 4.95. The predicted molar refractivity (Wildman–Crippen MR) is 111 cm³/mol. The van der Waals surface area contributed by atoms with Crippen LogP contribution in [0.1, 0.15) is 62.3 Å². The molecule has 0 radical (unpaired) electrons. The maximum Gasteiger partial charge on any atom is 0.414 e. The number of cyclic esters (lactones) is 1. The van der Waals surface area contributed by atoms with E-state index in [4.69, 9.17) is 9.47 Å². The summed E-state index contributed by atoms with van der Waals surface area (Å²) in [5, 5.41) is 0. The number of carbonyl (C=O) groups is 2. The second-order valence-electron chi connectivity index (χ2n) is 9.73. The van der Waals surface area contributed by atoms with Gasteiger partial charge in [-0.25, -0.2) is 18.5 Å². The van der Waals surface area contributed by atoms with Crippen LogP contribution in [0.4, 0.5) is 4.79 Å². The van der Waals surface area contributed by atoms with Crippen LogP contribution in [-0.2, 0) is 25.3 Å². The highest BCUT2D eigenvalue weighted by atomic mass is 32.2. The minimum Gasteiger partial charge on any atom is -0.445 e. The summed E-state index contributed by atoms with van der Waals surface area (Å²) in [7, 11) is -1.44. The van der Waals surface area contributed by atoms with E-state index in [0.29, 0.717) is 0 Å². The summed E-state index contributed by atoms with van der Waals surface area (Å²) in [6, 6.07) is -0.608. The molecule has 0 bridgehead atoms. The monoisotopic (exact) mass is 416 g/mol. The first kappa shape index (κ1) is 24.6. The van der Waals surface area contributed by atoms with Gasteiger partial charge in [0, 0.05) is 5.41 Å². The fourth-order valence-electron chi connectivity index (χ4n) is 3.13. The van der Waals surface area contributed by atoms with Crippen molar-refractivity contribution in [3.63, 3.8) is 0 Å². The van der Waals surface area contributed by atoms with Crippen LogP contribution in [0, 0.1) is 11.3 Å². The van der Waals surface area contributed by atoms with Crippen molar-refractivity contribution in [1.82, 2.24) is 9.62 Å². The third-order valence-corrected chi connectivity index (χ3v) is 6.27. The summed E-state index contributed by atoms with van der Waals surface area (Å²) in [6.45, 7) is 20.2. The van der Waals surface area contributed by atoms with Crippen molar-refractivity contribution in [2.45, 2.75) is 84.9 Å². The maximum atomic E-state index is 13.1. The molecular formula is C20H36N2O5S. The zero-order valence-corrected chi connectivity index (χ0v) is 19.4. The molecule has 0 aliphatic carbocycles. The van der Waals surface area contributed by atoms with Crippen LogP contribution >= 0.6 is 0 Å². The van der Waals surface area contributed by atoms with E-state index in [-0.39, 0.29) is 12.5 Å². The number of nitrogens with zero attached hydrogens (tertiary/aromatic N) is 1. The zero-order chi connectivity index (χ0) is 22.1. The van der Waals surface area contributed by atoms with E-state index in [0.717, 1.165) is 0 Å². The Kier molecular flexibility index (Phi) is 7.50. The molecule has 0 spiro atoms. The molecule has 1 fully saturated rings. The minimum absolute atomic E-state index is 0.0180. The van der Waals surface area contributed by atoms with E-state index in [9.17, 15) is 13.8 Å². The van der Waals surface area contributed by atoms with E-state index in [1.807, 2.05) is 55.4 Å². The van der Waals surface area contributed by atoms with Crippen LogP contribution in [0.3, 0.4) is 0 Å². The van der Waals surface area contributed by atoms with E-state index < -0.39 is 51.0 Å². The van der Waals surface area contributed by atoms with Crippen molar-refractivity contribution in [3.8, 4) is 0 Å². The van der Waals surface area contributed by atoms with Gasteiger partial charge in [0.05, 0.1) is 21.8 Å². The molecule has 8 heteroatoms. The largest absolute Gasteiger partial charge is 0.445 e. The molecule has 1 aliphatic rings. The second-order valence-corrected chi connectivity index (χ2v) is 11.7. The van der Waals surface area contributed by atoms with Gasteiger partial charge >= 0.3 is 12.1 Å². The standard InChI is InChI=1S/C20H36N2O5S/c1-11-12-26-17(24)22-15(18(4,5)6)27-16(23)20(22,10)14(13(2)3)21-28(25)19(7,8)9/h11,13-15,21H,1,12H2,2-10H3/t14-,15+,20-,28?/m0/s1. The smallest absolute Gasteiger partial charge is 0.414 e. The summed E-state index contributed by atoms with van der Waals surface area (Å²) >= 11 is 0. The number of amides is 1. The number of rotatable bonds is 6. The van der Waals surface area contributed by atoms with Crippen LogP contribution in [-0.4, -0.2) is 50.3 Å². The Hall–Kier alpha value is -1.41. The fraction of sp³-hybridized carbons (Fsp3) is 0.800. The third-order valence-electron chi connectivity index (χ3n) is 4.69. The highest BCUT2D eigenvalue weighted by Gasteiger charge is 2.62. The Bertz CT molecular complexity index is 635. The van der Waals surface area contributed by atoms with E-state index >= 15 is 0 Å². The highest BCUT2D eigenvalue weighted by molar-refractivity contribution is 7.84. The molecule has 4 atom stereocenters. The molecule has 1 heterocycles. The molecule has 1 unspecified atom stereocenters. The Morgan fingerprint density at radius 1 is 1.36 bits per heavy atom. The van der Waals surface area contributed by atoms with E-state index in [1.165, 1.54) is 11.0 Å². The van der Waals surface area contributed by atoms with Crippen molar-refractivity contribution in [2.24, 2.45) is 11.3 Å². The molecule has 7 nitrogen and oxygen atoms in total. The van der Waals surface area contributed by atoms with Gasteiger partial charge in [0.15, 0.2) is 11.8 Å². The molecule has 1 saturated heterocycles. The van der Waals surface area contributed by atoms with Crippen LogP contribution in [0.25, 0.3) is 0 Å². The van der Waals surface area contributed by atoms with Gasteiger partial charge < -0.3 is 9.47 Å². The van der Waals surface area contributed by atoms with Crippen LogP contribution in [0.5, 0.6) is 0 Å². The minimum atomic E-state index is -1.44. The number of esters is 1. The molecule has 1 amide bonds. The van der Waals surface area contributed by atoms with Crippen molar-refractivity contribution < 1.29 is 23.3 Å². The summed E-state index contributed by atoms with van der Waals surface area (Å²) in [4.78, 5) is 27.4. The maximum absolute atomic E-state index is 13.1. The van der Waals surface area contributed by atoms with E-state index in [1.54, 1.807) is 6.92 Å². The first-order valence-electron chi connectivity index (χ1n) is 9.54. The lowest BCUT2D eigenvalue weighted by Gasteiger charge is -2.43. The zero-order valence-electron chi connectivity index (χ0n) is 18.6. The number of hydrogen-bond acceptors (Lipinski definition) is 5. The van der Waals surface area contributed by atoms with Gasteiger partial charge in [-0.1, -0.05) is 47.3 Å². The first-order chi connectivity index (χ1) is 12.6. The molecule has 0 aromatic rings. The lowest BCUT2D eigenvalue weighted by atomic mass is 9.83. The van der Waals surface area contributed by atoms with Crippen molar-refractivity contribution in [2.75, 3.05) is 6.61 Å². The SMILES string of the molecule is C=CCOC(=O)N1[C@@H](C(C)(C)C)OC(=O)[C@]1(C)[C@@H](NS(=O)C(C)(C)C)C(C)C. The molecule has 1 aliphatic heterocycles. The van der Waals surface area contributed by atoms with Gasteiger partial charge in [0.25, 0.3) is 0 Å². The molecule has 162 valence electrons. The van der Waals surface area contributed by atoms with Gasteiger partial charge in [0.1, 0.15) is 6.61 Å². The van der Waals surface area contributed by atoms with Crippen LogP contribution in [0.15, 0.2) is 12.7 Å². The van der Waals surface area contributed by atoms with Crippen molar-refractivity contribution >= 4 is 23.0 Å². The van der Waals surface area contributed by atoms with Gasteiger partial charge in [0.2, 0.25) is 0 Å². The average Bonchev–Trinajstić information content (AvgIpc) is 2.81. The summed E-state index contributed by atoms with van der Waals surface area (Å²) in [5.41, 5.74) is -1.92. The lowest BCUT2D eigenvalue weighted by Crippen LogP contribution is -2.66. The topological polar surface area (TPSA) is 84.9 Å². The summed E-state index contributed by atoms with van der Waals surface area (Å²) < 4.78 is 26.3. The Morgan fingerprint density at radius 3 is 2.29 bits per heavy atom. The van der Waals surface area contributed by atoms with Crippen LogP contribution in [0.2, 0.25) is 0 Å².